The minimum absolute atomic E-state index is 0.0332. The van der Waals surface area contributed by atoms with Crippen LogP contribution in [0.2, 0.25) is 0 Å². The van der Waals surface area contributed by atoms with E-state index in [1.807, 2.05) is 0 Å². The second-order valence-corrected chi connectivity index (χ2v) is 6.12. The van der Waals surface area contributed by atoms with Gasteiger partial charge in [0, 0.05) is 12.4 Å². The molecule has 0 aliphatic rings. The van der Waals surface area contributed by atoms with E-state index in [1.165, 1.54) is 18.5 Å². The molecule has 0 amide bonds. The van der Waals surface area contributed by atoms with E-state index in [-0.39, 0.29) is 29.9 Å². The van der Waals surface area contributed by atoms with Gasteiger partial charge in [0.15, 0.2) is 0 Å². The Morgan fingerprint density at radius 2 is 2.00 bits per heavy atom. The van der Waals surface area contributed by atoms with Crippen molar-refractivity contribution in [1.82, 2.24) is 14.1 Å². The van der Waals surface area contributed by atoms with Crippen molar-refractivity contribution >= 4 is 17.0 Å². The van der Waals surface area contributed by atoms with Crippen LogP contribution in [0.3, 0.4) is 0 Å². The SMILES string of the molecule is CCOC(=O)Cn1c(=O)c(=O)[nH]c2cc(C(F)(F)F)c(-n3ccc(CO)c3)cc21. The third kappa shape index (κ3) is 3.94. The number of aromatic nitrogens is 3. The number of aliphatic hydroxyl groups excluding tert-OH is 1. The summed E-state index contributed by atoms with van der Waals surface area (Å²) in [6, 6.07) is 3.19. The summed E-state index contributed by atoms with van der Waals surface area (Å²) in [5.74, 6) is -0.813. The van der Waals surface area contributed by atoms with Crippen molar-refractivity contribution in [3.63, 3.8) is 0 Å². The lowest BCUT2D eigenvalue weighted by atomic mass is 10.1. The zero-order valence-electron chi connectivity index (χ0n) is 15.1. The van der Waals surface area contributed by atoms with Gasteiger partial charge in [0.1, 0.15) is 6.54 Å². The van der Waals surface area contributed by atoms with Gasteiger partial charge in [-0.3, -0.25) is 19.0 Å². The van der Waals surface area contributed by atoms with Crippen molar-refractivity contribution in [3.8, 4) is 5.69 Å². The first-order valence-corrected chi connectivity index (χ1v) is 8.47. The monoisotopic (exact) mass is 411 g/mol. The van der Waals surface area contributed by atoms with Crippen LogP contribution in [0.4, 0.5) is 13.2 Å². The Balaban J connectivity index is 2.34. The van der Waals surface area contributed by atoms with Crippen LogP contribution in [0.1, 0.15) is 18.1 Å². The van der Waals surface area contributed by atoms with Crippen molar-refractivity contribution in [2.45, 2.75) is 26.3 Å². The highest BCUT2D eigenvalue weighted by atomic mass is 19.4. The summed E-state index contributed by atoms with van der Waals surface area (Å²) in [5, 5.41) is 9.19. The maximum Gasteiger partial charge on any atom is 0.418 e. The molecule has 3 aromatic rings. The Morgan fingerprint density at radius 1 is 1.28 bits per heavy atom. The van der Waals surface area contributed by atoms with E-state index in [9.17, 15) is 32.7 Å². The molecular formula is C18H16F3N3O5. The largest absolute Gasteiger partial charge is 0.465 e. The molecule has 0 aliphatic carbocycles. The van der Waals surface area contributed by atoms with E-state index in [0.717, 1.165) is 15.2 Å². The molecule has 0 saturated heterocycles. The second kappa shape index (κ2) is 7.59. The molecule has 0 unspecified atom stereocenters. The number of ether oxygens (including phenoxy) is 1. The van der Waals surface area contributed by atoms with Gasteiger partial charge in [0.05, 0.1) is 35.5 Å². The average molecular weight is 411 g/mol. The van der Waals surface area contributed by atoms with Crippen LogP contribution in [0.25, 0.3) is 16.7 Å². The number of nitrogens with one attached hydrogen (secondary N) is 1. The number of hydrogen-bond acceptors (Lipinski definition) is 5. The van der Waals surface area contributed by atoms with E-state index >= 15 is 0 Å². The molecule has 2 heterocycles. The van der Waals surface area contributed by atoms with Gasteiger partial charge >= 0.3 is 23.3 Å². The summed E-state index contributed by atoms with van der Waals surface area (Å²) in [6.07, 6.45) is -2.15. The first kappa shape index (κ1) is 20.4. The van der Waals surface area contributed by atoms with Crippen LogP contribution in [-0.2, 0) is 28.9 Å². The molecule has 0 bridgehead atoms. The number of benzene rings is 1. The van der Waals surface area contributed by atoms with E-state index < -0.39 is 35.4 Å². The summed E-state index contributed by atoms with van der Waals surface area (Å²) in [4.78, 5) is 38.1. The second-order valence-electron chi connectivity index (χ2n) is 6.12. The van der Waals surface area contributed by atoms with E-state index in [2.05, 4.69) is 4.98 Å². The molecule has 0 atom stereocenters. The van der Waals surface area contributed by atoms with Crippen LogP contribution in [0.5, 0.6) is 0 Å². The zero-order chi connectivity index (χ0) is 21.3. The van der Waals surface area contributed by atoms with Gasteiger partial charge in [0.2, 0.25) is 0 Å². The van der Waals surface area contributed by atoms with Gasteiger partial charge in [-0.1, -0.05) is 0 Å². The lowest BCUT2D eigenvalue weighted by Crippen LogP contribution is -2.38. The molecule has 3 rings (SSSR count). The zero-order valence-corrected chi connectivity index (χ0v) is 15.1. The molecule has 154 valence electrons. The number of fused-ring (bicyclic) bond motifs is 1. The van der Waals surface area contributed by atoms with Gasteiger partial charge in [-0.15, -0.1) is 0 Å². The predicted octanol–water partition coefficient (Wildman–Crippen LogP) is 1.55. The molecular weight excluding hydrogens is 395 g/mol. The van der Waals surface area contributed by atoms with Crippen molar-refractivity contribution in [1.29, 1.82) is 0 Å². The molecule has 2 N–H and O–H groups in total. The van der Waals surface area contributed by atoms with Gasteiger partial charge in [-0.2, -0.15) is 13.2 Å². The standard InChI is InChI=1S/C18H16F3N3O5/c1-2-29-15(26)8-24-14-6-13(23-4-3-10(7-23)9-25)11(18(19,20)21)5-12(14)22-16(27)17(24)28/h3-7,25H,2,8-9H2,1H3,(H,22,27). The number of nitrogens with zero attached hydrogens (tertiary/aromatic N) is 2. The molecule has 1 aromatic carbocycles. The fourth-order valence-electron chi connectivity index (χ4n) is 2.93. The average Bonchev–Trinajstić information content (AvgIpc) is 3.13. The fraction of sp³-hybridized carbons (Fsp3) is 0.278. The van der Waals surface area contributed by atoms with Crippen LogP contribution in [0, 0.1) is 0 Å². The summed E-state index contributed by atoms with van der Waals surface area (Å²) < 4.78 is 47.6. The van der Waals surface area contributed by atoms with Crippen LogP contribution >= 0.6 is 0 Å². The van der Waals surface area contributed by atoms with Crippen molar-refractivity contribution in [2.24, 2.45) is 0 Å². The summed E-state index contributed by atoms with van der Waals surface area (Å²) in [5.41, 5.74) is -3.63. The molecule has 8 nitrogen and oxygen atoms in total. The number of rotatable bonds is 5. The number of H-pyrrole nitrogens is 1. The number of carbonyl (C=O) groups is 1. The van der Waals surface area contributed by atoms with Gasteiger partial charge in [0.25, 0.3) is 0 Å². The van der Waals surface area contributed by atoms with Crippen LogP contribution < -0.4 is 11.1 Å². The quantitative estimate of drug-likeness (QED) is 0.490. The topological polar surface area (TPSA) is 106 Å². The van der Waals surface area contributed by atoms with Crippen molar-refractivity contribution < 1.29 is 27.8 Å². The number of aromatic amines is 1. The molecule has 0 saturated carbocycles. The summed E-state index contributed by atoms with van der Waals surface area (Å²) in [7, 11) is 0. The minimum atomic E-state index is -4.77. The number of carbonyl (C=O) groups excluding carboxylic acids is 1. The Hall–Kier alpha value is -3.34. The number of aliphatic hydroxyl groups is 1. The third-order valence-electron chi connectivity index (χ3n) is 4.21. The lowest BCUT2D eigenvalue weighted by Gasteiger charge is -2.17. The molecule has 29 heavy (non-hydrogen) atoms. The molecule has 0 radical (unpaired) electrons. The Kier molecular flexibility index (Phi) is 5.33. The van der Waals surface area contributed by atoms with Crippen LogP contribution in [-0.4, -0.2) is 31.8 Å². The smallest absolute Gasteiger partial charge is 0.418 e. The van der Waals surface area contributed by atoms with E-state index in [0.29, 0.717) is 11.6 Å². The molecule has 2 aromatic heterocycles. The maximum absolute atomic E-state index is 13.6. The third-order valence-corrected chi connectivity index (χ3v) is 4.21. The highest BCUT2D eigenvalue weighted by Crippen LogP contribution is 2.36. The number of alkyl halides is 3. The lowest BCUT2D eigenvalue weighted by molar-refractivity contribution is -0.143. The molecule has 0 spiro atoms. The molecule has 11 heteroatoms. The summed E-state index contributed by atoms with van der Waals surface area (Å²) >= 11 is 0. The Morgan fingerprint density at radius 3 is 2.59 bits per heavy atom. The Labute approximate surface area is 160 Å². The predicted molar refractivity (Wildman–Crippen MR) is 95.7 cm³/mol. The molecule has 0 aliphatic heterocycles. The normalized spacial score (nSPS) is 11.8. The first-order valence-electron chi connectivity index (χ1n) is 8.47. The number of hydrogen-bond donors (Lipinski definition) is 2. The van der Waals surface area contributed by atoms with Gasteiger partial charge in [-0.05, 0) is 30.7 Å². The van der Waals surface area contributed by atoms with E-state index in [1.54, 1.807) is 6.92 Å². The van der Waals surface area contributed by atoms with Crippen LogP contribution in [0.15, 0.2) is 40.2 Å². The van der Waals surface area contributed by atoms with Gasteiger partial charge in [-0.25, -0.2) is 0 Å². The Bertz CT molecular complexity index is 1190. The van der Waals surface area contributed by atoms with Gasteiger partial charge < -0.3 is 19.4 Å². The van der Waals surface area contributed by atoms with E-state index in [4.69, 9.17) is 4.74 Å². The number of esters is 1. The highest BCUT2D eigenvalue weighted by Gasteiger charge is 2.35. The fourth-order valence-corrected chi connectivity index (χ4v) is 2.93. The van der Waals surface area contributed by atoms with Crippen molar-refractivity contribution in [3.05, 3.63) is 62.4 Å². The maximum atomic E-state index is 13.6. The first-order chi connectivity index (χ1) is 13.7. The van der Waals surface area contributed by atoms with Crippen molar-refractivity contribution in [2.75, 3.05) is 6.61 Å². The number of halogens is 3. The summed E-state index contributed by atoms with van der Waals surface area (Å²) in [6.45, 7) is 0.578. The highest BCUT2D eigenvalue weighted by molar-refractivity contribution is 5.81. The minimum Gasteiger partial charge on any atom is -0.465 e. The molecule has 0 fully saturated rings.